The number of hydrogen-bond acceptors (Lipinski definition) is 2. The fraction of sp³-hybridized carbons (Fsp3) is 0.562. The SMILES string of the molecule is CC1(C)CCC(O)(CNC(=O)c2ccc(F)cc2F)CC1. The van der Waals surface area contributed by atoms with Crippen molar-refractivity contribution in [3.63, 3.8) is 0 Å². The van der Waals surface area contributed by atoms with Crippen LogP contribution in [0.3, 0.4) is 0 Å². The largest absolute Gasteiger partial charge is 0.388 e. The van der Waals surface area contributed by atoms with Crippen molar-refractivity contribution in [2.24, 2.45) is 5.41 Å². The highest BCUT2D eigenvalue weighted by Gasteiger charge is 2.36. The van der Waals surface area contributed by atoms with Crippen LogP contribution < -0.4 is 5.32 Å². The summed E-state index contributed by atoms with van der Waals surface area (Å²) in [5.74, 6) is -2.26. The molecule has 0 bridgehead atoms. The Balaban J connectivity index is 1.95. The number of carbonyl (C=O) groups excluding carboxylic acids is 1. The maximum absolute atomic E-state index is 13.5. The Bertz CT molecular complexity index is 533. The van der Waals surface area contributed by atoms with Crippen LogP contribution in [0.5, 0.6) is 0 Å². The first-order chi connectivity index (χ1) is 9.71. The second-order valence-corrected chi connectivity index (χ2v) is 6.70. The van der Waals surface area contributed by atoms with Gasteiger partial charge in [-0.05, 0) is 43.2 Å². The minimum absolute atomic E-state index is 0.0821. The molecule has 21 heavy (non-hydrogen) atoms. The van der Waals surface area contributed by atoms with Gasteiger partial charge >= 0.3 is 0 Å². The van der Waals surface area contributed by atoms with E-state index in [4.69, 9.17) is 0 Å². The summed E-state index contributed by atoms with van der Waals surface area (Å²) >= 11 is 0. The fourth-order valence-corrected chi connectivity index (χ4v) is 2.58. The highest BCUT2D eigenvalue weighted by Crippen LogP contribution is 2.39. The third-order valence-corrected chi connectivity index (χ3v) is 4.29. The van der Waals surface area contributed by atoms with Crippen LogP contribution in [0.15, 0.2) is 18.2 Å². The lowest BCUT2D eigenvalue weighted by Crippen LogP contribution is -2.46. The standard InChI is InChI=1S/C16H21F2NO2/c1-15(2)5-7-16(21,8-6-15)10-19-14(20)12-4-3-11(17)9-13(12)18/h3-4,9,21H,5-8,10H2,1-2H3,(H,19,20). The Morgan fingerprint density at radius 1 is 1.24 bits per heavy atom. The Morgan fingerprint density at radius 2 is 1.86 bits per heavy atom. The molecule has 2 rings (SSSR count). The van der Waals surface area contributed by atoms with E-state index in [0.717, 1.165) is 25.0 Å². The Kier molecular flexibility index (Phi) is 4.33. The molecule has 0 aliphatic heterocycles. The molecule has 2 N–H and O–H groups in total. The average Bonchev–Trinajstić information content (AvgIpc) is 2.40. The minimum atomic E-state index is -0.943. The molecular weight excluding hydrogens is 276 g/mol. The van der Waals surface area contributed by atoms with Crippen molar-refractivity contribution in [3.8, 4) is 0 Å². The average molecular weight is 297 g/mol. The van der Waals surface area contributed by atoms with Gasteiger partial charge in [-0.15, -0.1) is 0 Å². The molecule has 0 spiro atoms. The van der Waals surface area contributed by atoms with E-state index < -0.39 is 23.1 Å². The minimum Gasteiger partial charge on any atom is -0.388 e. The maximum atomic E-state index is 13.5. The first-order valence-electron chi connectivity index (χ1n) is 7.17. The summed E-state index contributed by atoms with van der Waals surface area (Å²) in [4.78, 5) is 11.9. The van der Waals surface area contributed by atoms with Crippen LogP contribution in [0.2, 0.25) is 0 Å². The van der Waals surface area contributed by atoms with E-state index in [-0.39, 0.29) is 17.5 Å². The number of nitrogens with one attached hydrogen (secondary N) is 1. The molecule has 3 nitrogen and oxygen atoms in total. The van der Waals surface area contributed by atoms with Crippen LogP contribution in [-0.2, 0) is 0 Å². The summed E-state index contributed by atoms with van der Waals surface area (Å²) < 4.78 is 26.3. The van der Waals surface area contributed by atoms with Crippen LogP contribution >= 0.6 is 0 Å². The predicted molar refractivity (Wildman–Crippen MR) is 75.9 cm³/mol. The fourth-order valence-electron chi connectivity index (χ4n) is 2.58. The molecule has 1 fully saturated rings. The number of aliphatic hydroxyl groups is 1. The molecule has 1 aliphatic rings. The van der Waals surface area contributed by atoms with Gasteiger partial charge in [-0.25, -0.2) is 8.78 Å². The topological polar surface area (TPSA) is 49.3 Å². The van der Waals surface area contributed by atoms with Crippen LogP contribution in [-0.4, -0.2) is 23.2 Å². The molecule has 5 heteroatoms. The summed E-state index contributed by atoms with van der Waals surface area (Å²) in [5, 5.41) is 13.0. The van der Waals surface area contributed by atoms with Gasteiger partial charge in [0.15, 0.2) is 0 Å². The van der Waals surface area contributed by atoms with Gasteiger partial charge in [-0.1, -0.05) is 13.8 Å². The number of amides is 1. The van der Waals surface area contributed by atoms with E-state index in [2.05, 4.69) is 19.2 Å². The molecular formula is C16H21F2NO2. The van der Waals surface area contributed by atoms with Crippen molar-refractivity contribution in [1.82, 2.24) is 5.32 Å². The van der Waals surface area contributed by atoms with Crippen molar-refractivity contribution < 1.29 is 18.7 Å². The molecule has 0 saturated heterocycles. The number of hydrogen-bond donors (Lipinski definition) is 2. The van der Waals surface area contributed by atoms with Crippen LogP contribution in [0.4, 0.5) is 8.78 Å². The zero-order valence-corrected chi connectivity index (χ0v) is 12.4. The molecule has 0 atom stereocenters. The summed E-state index contributed by atoms with van der Waals surface area (Å²) in [6, 6.07) is 2.82. The first-order valence-corrected chi connectivity index (χ1v) is 7.17. The van der Waals surface area contributed by atoms with Crippen LogP contribution in [0, 0.1) is 17.0 Å². The normalized spacial score (nSPS) is 20.0. The summed E-state index contributed by atoms with van der Waals surface area (Å²) in [5.41, 5.74) is -0.947. The molecule has 1 aromatic carbocycles. The Morgan fingerprint density at radius 3 is 2.43 bits per heavy atom. The Hall–Kier alpha value is -1.49. The number of benzene rings is 1. The van der Waals surface area contributed by atoms with Gasteiger partial charge in [0.05, 0.1) is 11.2 Å². The van der Waals surface area contributed by atoms with Crippen LogP contribution in [0.25, 0.3) is 0 Å². The van der Waals surface area contributed by atoms with E-state index in [0.29, 0.717) is 18.9 Å². The molecule has 1 saturated carbocycles. The van der Waals surface area contributed by atoms with Gasteiger partial charge < -0.3 is 10.4 Å². The molecule has 0 heterocycles. The summed E-state index contributed by atoms with van der Waals surface area (Å²) in [6.07, 6.45) is 2.97. The molecule has 1 aliphatic carbocycles. The van der Waals surface area contributed by atoms with Gasteiger partial charge in [-0.3, -0.25) is 4.79 Å². The lowest BCUT2D eigenvalue weighted by atomic mass is 9.71. The maximum Gasteiger partial charge on any atom is 0.254 e. The van der Waals surface area contributed by atoms with E-state index in [1.807, 2.05) is 0 Å². The third kappa shape index (κ3) is 4.00. The van der Waals surface area contributed by atoms with E-state index in [1.165, 1.54) is 0 Å². The molecule has 0 radical (unpaired) electrons. The molecule has 0 aromatic heterocycles. The van der Waals surface area contributed by atoms with E-state index >= 15 is 0 Å². The second-order valence-electron chi connectivity index (χ2n) is 6.70. The summed E-state index contributed by atoms with van der Waals surface area (Å²) in [6.45, 7) is 4.39. The van der Waals surface area contributed by atoms with E-state index in [1.54, 1.807) is 0 Å². The zero-order valence-electron chi connectivity index (χ0n) is 12.4. The zero-order chi connectivity index (χ0) is 15.7. The smallest absolute Gasteiger partial charge is 0.254 e. The van der Waals surface area contributed by atoms with Gasteiger partial charge in [0.2, 0.25) is 0 Å². The summed E-state index contributed by atoms with van der Waals surface area (Å²) in [7, 11) is 0. The Labute approximate surface area is 123 Å². The quantitative estimate of drug-likeness (QED) is 0.901. The van der Waals surface area contributed by atoms with E-state index in [9.17, 15) is 18.7 Å². The van der Waals surface area contributed by atoms with Gasteiger partial charge in [0, 0.05) is 12.6 Å². The predicted octanol–water partition coefficient (Wildman–Crippen LogP) is 3.03. The number of rotatable bonds is 3. The van der Waals surface area contributed by atoms with Crippen molar-refractivity contribution in [2.45, 2.75) is 45.1 Å². The molecule has 1 amide bonds. The van der Waals surface area contributed by atoms with Crippen molar-refractivity contribution in [2.75, 3.05) is 6.54 Å². The monoisotopic (exact) mass is 297 g/mol. The second kappa shape index (κ2) is 5.72. The molecule has 0 unspecified atom stereocenters. The van der Waals surface area contributed by atoms with Crippen LogP contribution in [0.1, 0.15) is 49.9 Å². The lowest BCUT2D eigenvalue weighted by Gasteiger charge is -2.40. The van der Waals surface area contributed by atoms with Gasteiger partial charge in [0.25, 0.3) is 5.91 Å². The first kappa shape index (κ1) is 15.9. The van der Waals surface area contributed by atoms with Gasteiger partial charge in [0.1, 0.15) is 11.6 Å². The number of halogens is 2. The lowest BCUT2D eigenvalue weighted by molar-refractivity contribution is -0.0233. The molecule has 116 valence electrons. The number of carbonyl (C=O) groups is 1. The van der Waals surface area contributed by atoms with Crippen molar-refractivity contribution in [3.05, 3.63) is 35.4 Å². The van der Waals surface area contributed by atoms with Crippen molar-refractivity contribution in [1.29, 1.82) is 0 Å². The van der Waals surface area contributed by atoms with Gasteiger partial charge in [-0.2, -0.15) is 0 Å². The highest BCUT2D eigenvalue weighted by molar-refractivity contribution is 5.94. The highest BCUT2D eigenvalue weighted by atomic mass is 19.1. The molecule has 1 aromatic rings. The van der Waals surface area contributed by atoms with Crippen molar-refractivity contribution >= 4 is 5.91 Å². The third-order valence-electron chi connectivity index (χ3n) is 4.29.